The zero-order chi connectivity index (χ0) is 16.7. The van der Waals surface area contributed by atoms with Crippen LogP contribution < -0.4 is 0 Å². The van der Waals surface area contributed by atoms with E-state index in [1.807, 2.05) is 6.92 Å². The summed E-state index contributed by atoms with van der Waals surface area (Å²) in [4.78, 5) is 22.5. The molecule has 2 aromatic rings. The summed E-state index contributed by atoms with van der Waals surface area (Å²) in [5.41, 5.74) is 0.845. The molecule has 1 amide bonds. The first-order valence-corrected chi connectivity index (χ1v) is 7.48. The fraction of sp³-hybridized carbons (Fsp3) is 0.353. The molecule has 122 valence electrons. The fourth-order valence-corrected chi connectivity index (χ4v) is 2.12. The molecule has 6 heteroatoms. The van der Waals surface area contributed by atoms with Crippen LogP contribution in [0.15, 0.2) is 36.7 Å². The van der Waals surface area contributed by atoms with E-state index in [1.165, 1.54) is 23.4 Å². The molecule has 5 nitrogen and oxygen atoms in total. The molecule has 0 aliphatic rings. The van der Waals surface area contributed by atoms with Gasteiger partial charge in [0.05, 0.1) is 12.2 Å². The van der Waals surface area contributed by atoms with E-state index < -0.39 is 0 Å². The Morgan fingerprint density at radius 1 is 1.26 bits per heavy atom. The molecule has 0 saturated heterocycles. The van der Waals surface area contributed by atoms with Crippen molar-refractivity contribution in [2.45, 2.75) is 19.9 Å². The second-order valence-corrected chi connectivity index (χ2v) is 5.05. The minimum absolute atomic E-state index is 0.171. The van der Waals surface area contributed by atoms with Gasteiger partial charge in [0.1, 0.15) is 11.6 Å². The van der Waals surface area contributed by atoms with Crippen molar-refractivity contribution in [3.8, 4) is 0 Å². The number of hydrogen-bond acceptors (Lipinski definition) is 4. The van der Waals surface area contributed by atoms with Crippen molar-refractivity contribution < 1.29 is 13.9 Å². The van der Waals surface area contributed by atoms with Crippen molar-refractivity contribution in [3.05, 3.63) is 59.4 Å². The minimum atomic E-state index is -0.333. The largest absolute Gasteiger partial charge is 0.383 e. The summed E-state index contributed by atoms with van der Waals surface area (Å²) in [5, 5.41) is 0. The molecular weight excluding hydrogens is 297 g/mol. The number of rotatable bonds is 7. The van der Waals surface area contributed by atoms with E-state index in [2.05, 4.69) is 9.97 Å². The number of benzene rings is 1. The quantitative estimate of drug-likeness (QED) is 0.787. The first-order valence-electron chi connectivity index (χ1n) is 7.48. The van der Waals surface area contributed by atoms with Gasteiger partial charge in [-0.3, -0.25) is 4.79 Å². The van der Waals surface area contributed by atoms with E-state index in [9.17, 15) is 9.18 Å². The van der Waals surface area contributed by atoms with Crippen LogP contribution in [0.25, 0.3) is 0 Å². The van der Waals surface area contributed by atoms with Crippen molar-refractivity contribution in [1.29, 1.82) is 0 Å². The van der Waals surface area contributed by atoms with E-state index in [0.717, 1.165) is 0 Å². The third-order valence-corrected chi connectivity index (χ3v) is 3.44. The second-order valence-electron chi connectivity index (χ2n) is 5.05. The highest BCUT2D eigenvalue weighted by Gasteiger charge is 2.18. The van der Waals surface area contributed by atoms with Crippen LogP contribution in [0.3, 0.4) is 0 Å². The lowest BCUT2D eigenvalue weighted by Gasteiger charge is -2.22. The Morgan fingerprint density at radius 3 is 2.57 bits per heavy atom. The Balaban J connectivity index is 2.19. The standard InChI is InChI=1S/C17H20FN3O2/c1-3-16-19-10-14(11-20-16)17(22)21(8-9-23-2)12-13-6-4-5-7-15(13)18/h4-7,10-11H,3,8-9,12H2,1-2H3. The molecule has 0 saturated carbocycles. The zero-order valence-corrected chi connectivity index (χ0v) is 13.3. The number of carbonyl (C=O) groups is 1. The number of aryl methyl sites for hydroxylation is 1. The van der Waals surface area contributed by atoms with Crippen LogP contribution in [-0.2, 0) is 17.7 Å². The van der Waals surface area contributed by atoms with Gasteiger partial charge in [-0.05, 0) is 6.07 Å². The van der Waals surface area contributed by atoms with Crippen molar-refractivity contribution in [3.63, 3.8) is 0 Å². The Morgan fingerprint density at radius 2 is 1.96 bits per heavy atom. The van der Waals surface area contributed by atoms with Gasteiger partial charge in [-0.1, -0.05) is 25.1 Å². The maximum atomic E-state index is 13.8. The lowest BCUT2D eigenvalue weighted by molar-refractivity contribution is 0.0677. The van der Waals surface area contributed by atoms with Gasteiger partial charge in [0, 0.05) is 44.6 Å². The molecule has 0 aliphatic heterocycles. The van der Waals surface area contributed by atoms with Gasteiger partial charge in [-0.25, -0.2) is 14.4 Å². The maximum Gasteiger partial charge on any atom is 0.257 e. The number of amides is 1. The molecule has 1 aromatic carbocycles. The van der Waals surface area contributed by atoms with Gasteiger partial charge in [-0.15, -0.1) is 0 Å². The first-order chi connectivity index (χ1) is 11.2. The van der Waals surface area contributed by atoms with Crippen LogP contribution in [-0.4, -0.2) is 41.0 Å². The third-order valence-electron chi connectivity index (χ3n) is 3.44. The topological polar surface area (TPSA) is 55.3 Å². The van der Waals surface area contributed by atoms with E-state index in [-0.39, 0.29) is 18.3 Å². The SMILES string of the molecule is CCc1ncc(C(=O)N(CCOC)Cc2ccccc2F)cn1. The summed E-state index contributed by atoms with van der Waals surface area (Å²) < 4.78 is 18.9. The highest BCUT2D eigenvalue weighted by atomic mass is 19.1. The summed E-state index contributed by atoms with van der Waals surface area (Å²) in [7, 11) is 1.56. The van der Waals surface area contributed by atoms with E-state index in [1.54, 1.807) is 25.3 Å². The Kier molecular flexibility index (Phi) is 6.17. The minimum Gasteiger partial charge on any atom is -0.383 e. The predicted molar refractivity (Wildman–Crippen MR) is 84.4 cm³/mol. The third kappa shape index (κ3) is 4.56. The molecule has 2 rings (SSSR count). The van der Waals surface area contributed by atoms with Gasteiger partial charge in [-0.2, -0.15) is 0 Å². The maximum absolute atomic E-state index is 13.8. The van der Waals surface area contributed by atoms with Crippen molar-refractivity contribution in [2.24, 2.45) is 0 Å². The lowest BCUT2D eigenvalue weighted by Crippen LogP contribution is -2.34. The van der Waals surface area contributed by atoms with Crippen molar-refractivity contribution >= 4 is 5.91 Å². The highest BCUT2D eigenvalue weighted by Crippen LogP contribution is 2.12. The van der Waals surface area contributed by atoms with Crippen molar-refractivity contribution in [2.75, 3.05) is 20.3 Å². The van der Waals surface area contributed by atoms with Gasteiger partial charge >= 0.3 is 0 Å². The highest BCUT2D eigenvalue weighted by molar-refractivity contribution is 5.93. The fourth-order valence-electron chi connectivity index (χ4n) is 2.12. The average Bonchev–Trinajstić information content (AvgIpc) is 2.59. The Hall–Kier alpha value is -2.34. The number of methoxy groups -OCH3 is 1. The molecule has 0 fully saturated rings. The summed E-state index contributed by atoms with van der Waals surface area (Å²) >= 11 is 0. The molecule has 0 atom stereocenters. The van der Waals surface area contributed by atoms with Gasteiger partial charge in [0.25, 0.3) is 5.91 Å². The summed E-state index contributed by atoms with van der Waals surface area (Å²) in [6.45, 7) is 2.84. The summed E-state index contributed by atoms with van der Waals surface area (Å²) in [5.74, 6) is 0.104. The molecule has 1 aromatic heterocycles. The monoisotopic (exact) mass is 317 g/mol. The number of aromatic nitrogens is 2. The molecule has 0 spiro atoms. The predicted octanol–water partition coefficient (Wildman–Crippen LogP) is 2.47. The molecule has 1 heterocycles. The molecule has 23 heavy (non-hydrogen) atoms. The van der Waals surface area contributed by atoms with Crippen molar-refractivity contribution in [1.82, 2.24) is 14.9 Å². The van der Waals surface area contributed by atoms with Crippen LogP contribution >= 0.6 is 0 Å². The molecule has 0 bridgehead atoms. The summed E-state index contributed by atoms with van der Waals surface area (Å²) in [6.07, 6.45) is 3.72. The average molecular weight is 317 g/mol. The van der Waals surface area contributed by atoms with Crippen LogP contribution in [0.1, 0.15) is 28.7 Å². The summed E-state index contributed by atoms with van der Waals surface area (Å²) in [6, 6.07) is 6.42. The lowest BCUT2D eigenvalue weighted by atomic mass is 10.2. The van der Waals surface area contributed by atoms with Crippen LogP contribution in [0.5, 0.6) is 0 Å². The number of hydrogen-bond donors (Lipinski definition) is 0. The zero-order valence-electron chi connectivity index (χ0n) is 13.3. The van der Waals surface area contributed by atoms with Gasteiger partial charge < -0.3 is 9.64 Å². The van der Waals surface area contributed by atoms with Gasteiger partial charge in [0.2, 0.25) is 0 Å². The number of ether oxygens (including phenoxy) is 1. The Labute approximate surface area is 135 Å². The van der Waals surface area contributed by atoms with E-state index in [4.69, 9.17) is 4.74 Å². The molecule has 0 aliphatic carbocycles. The molecule has 0 radical (unpaired) electrons. The molecular formula is C17H20FN3O2. The van der Waals surface area contributed by atoms with E-state index in [0.29, 0.717) is 36.5 Å². The number of nitrogens with zero attached hydrogens (tertiary/aromatic N) is 3. The molecule has 0 unspecified atom stereocenters. The van der Waals surface area contributed by atoms with E-state index >= 15 is 0 Å². The molecule has 0 N–H and O–H groups in total. The Bertz CT molecular complexity index is 647. The van der Waals surface area contributed by atoms with Crippen LogP contribution in [0.2, 0.25) is 0 Å². The van der Waals surface area contributed by atoms with Crippen LogP contribution in [0, 0.1) is 5.82 Å². The normalized spacial score (nSPS) is 10.6. The van der Waals surface area contributed by atoms with Crippen LogP contribution in [0.4, 0.5) is 4.39 Å². The number of carbonyl (C=O) groups excluding carboxylic acids is 1. The first kappa shape index (κ1) is 17.0. The second kappa shape index (κ2) is 8.33. The smallest absolute Gasteiger partial charge is 0.257 e. The number of halogens is 1. The van der Waals surface area contributed by atoms with Gasteiger partial charge in [0.15, 0.2) is 0 Å².